The summed E-state index contributed by atoms with van der Waals surface area (Å²) in [6.45, 7) is 0. The lowest BCUT2D eigenvalue weighted by Crippen LogP contribution is -1.90. The Morgan fingerprint density at radius 1 is 1.06 bits per heavy atom. The standard InChI is InChI=1S/C10H5ClO4S/c11-16(12,13)8-5-6-1-3-14-9(6)10-7(8)2-4-15-10/h1-5H. The third kappa shape index (κ3) is 1.25. The zero-order valence-electron chi connectivity index (χ0n) is 7.81. The second-order valence-corrected chi connectivity index (χ2v) is 5.85. The van der Waals surface area contributed by atoms with Gasteiger partial charge in [-0.1, -0.05) is 0 Å². The molecule has 0 saturated heterocycles. The van der Waals surface area contributed by atoms with E-state index in [1.54, 1.807) is 12.1 Å². The number of fused-ring (bicyclic) bond motifs is 3. The molecular weight excluding hydrogens is 252 g/mol. The topological polar surface area (TPSA) is 60.4 Å². The lowest BCUT2D eigenvalue weighted by atomic mass is 10.2. The Bertz CT molecular complexity index is 781. The molecule has 0 aliphatic carbocycles. The maximum atomic E-state index is 11.4. The molecule has 0 spiro atoms. The zero-order valence-corrected chi connectivity index (χ0v) is 9.38. The summed E-state index contributed by atoms with van der Waals surface area (Å²) in [5.74, 6) is 0. The molecule has 3 rings (SSSR count). The van der Waals surface area contributed by atoms with Crippen LogP contribution in [0.4, 0.5) is 0 Å². The van der Waals surface area contributed by atoms with E-state index >= 15 is 0 Å². The van der Waals surface area contributed by atoms with Gasteiger partial charge in [0, 0.05) is 21.5 Å². The van der Waals surface area contributed by atoms with Gasteiger partial charge in [-0.05, 0) is 18.2 Å². The second kappa shape index (κ2) is 3.02. The quantitative estimate of drug-likeness (QED) is 0.628. The number of rotatable bonds is 1. The molecule has 1 aromatic carbocycles. The summed E-state index contributed by atoms with van der Waals surface area (Å²) >= 11 is 0. The van der Waals surface area contributed by atoms with E-state index in [0.717, 1.165) is 0 Å². The van der Waals surface area contributed by atoms with Gasteiger partial charge in [-0.15, -0.1) is 0 Å². The smallest absolute Gasteiger partial charge is 0.262 e. The molecule has 0 unspecified atom stereocenters. The Labute approximate surface area is 94.8 Å². The molecule has 2 aromatic heterocycles. The molecule has 2 heterocycles. The van der Waals surface area contributed by atoms with E-state index in [-0.39, 0.29) is 4.90 Å². The largest absolute Gasteiger partial charge is 0.460 e. The van der Waals surface area contributed by atoms with Crippen LogP contribution in [0.15, 0.2) is 44.5 Å². The summed E-state index contributed by atoms with van der Waals surface area (Å²) in [5, 5.41) is 1.07. The van der Waals surface area contributed by atoms with E-state index in [1.165, 1.54) is 18.6 Å². The van der Waals surface area contributed by atoms with Gasteiger partial charge < -0.3 is 8.83 Å². The molecule has 0 atom stereocenters. The molecule has 0 aliphatic heterocycles. The summed E-state index contributed by atoms with van der Waals surface area (Å²) in [7, 11) is 1.56. The van der Waals surface area contributed by atoms with Crippen LogP contribution in [-0.4, -0.2) is 8.42 Å². The summed E-state index contributed by atoms with van der Waals surface area (Å²) in [6.07, 6.45) is 2.87. The van der Waals surface area contributed by atoms with Crippen molar-refractivity contribution in [3.8, 4) is 0 Å². The average molecular weight is 257 g/mol. The maximum Gasteiger partial charge on any atom is 0.262 e. The van der Waals surface area contributed by atoms with Crippen LogP contribution >= 0.6 is 10.7 Å². The summed E-state index contributed by atoms with van der Waals surface area (Å²) in [5.41, 5.74) is 0.908. The van der Waals surface area contributed by atoms with Crippen LogP contribution in [0.25, 0.3) is 21.9 Å². The first-order valence-corrected chi connectivity index (χ1v) is 6.70. The lowest BCUT2D eigenvalue weighted by molar-refractivity contribution is 0.582. The normalized spacial score (nSPS) is 12.6. The molecule has 0 amide bonds. The van der Waals surface area contributed by atoms with Gasteiger partial charge in [0.05, 0.1) is 17.4 Å². The van der Waals surface area contributed by atoms with Crippen molar-refractivity contribution in [2.45, 2.75) is 4.90 Å². The zero-order chi connectivity index (χ0) is 11.3. The Balaban J connectivity index is 2.63. The fraction of sp³-hybridized carbons (Fsp3) is 0. The molecular formula is C10H5ClO4S. The molecule has 4 nitrogen and oxygen atoms in total. The number of hydrogen-bond acceptors (Lipinski definition) is 4. The van der Waals surface area contributed by atoms with E-state index in [2.05, 4.69) is 0 Å². The van der Waals surface area contributed by atoms with Crippen LogP contribution in [0.2, 0.25) is 0 Å². The summed E-state index contributed by atoms with van der Waals surface area (Å²) in [4.78, 5) is 0.0341. The Morgan fingerprint density at radius 3 is 2.50 bits per heavy atom. The highest BCUT2D eigenvalue weighted by atomic mass is 35.7. The number of furan rings is 2. The third-order valence-electron chi connectivity index (χ3n) is 2.38. The third-order valence-corrected chi connectivity index (χ3v) is 3.74. The Kier molecular flexibility index (Phi) is 1.84. The molecule has 0 aliphatic rings. The first-order chi connectivity index (χ1) is 7.57. The average Bonchev–Trinajstić information content (AvgIpc) is 2.82. The molecule has 0 fully saturated rings. The maximum absolute atomic E-state index is 11.4. The van der Waals surface area contributed by atoms with Crippen molar-refractivity contribution < 1.29 is 17.3 Å². The van der Waals surface area contributed by atoms with Crippen molar-refractivity contribution in [1.29, 1.82) is 0 Å². The highest BCUT2D eigenvalue weighted by Crippen LogP contribution is 2.33. The number of halogens is 1. The van der Waals surface area contributed by atoms with Crippen LogP contribution in [-0.2, 0) is 9.05 Å². The van der Waals surface area contributed by atoms with Gasteiger partial charge in [-0.2, -0.15) is 0 Å². The van der Waals surface area contributed by atoms with E-state index in [4.69, 9.17) is 19.5 Å². The van der Waals surface area contributed by atoms with Crippen LogP contribution in [0.1, 0.15) is 0 Å². The second-order valence-electron chi connectivity index (χ2n) is 3.31. The molecule has 16 heavy (non-hydrogen) atoms. The van der Waals surface area contributed by atoms with Crippen LogP contribution in [0.5, 0.6) is 0 Å². The summed E-state index contributed by atoms with van der Waals surface area (Å²) in [6, 6.07) is 4.68. The van der Waals surface area contributed by atoms with E-state index in [0.29, 0.717) is 21.9 Å². The van der Waals surface area contributed by atoms with Gasteiger partial charge in [0.15, 0.2) is 11.2 Å². The van der Waals surface area contributed by atoms with E-state index in [1.807, 2.05) is 0 Å². The Hall–Kier alpha value is -1.46. The molecule has 0 saturated carbocycles. The van der Waals surface area contributed by atoms with Crippen molar-refractivity contribution >= 4 is 41.7 Å². The van der Waals surface area contributed by atoms with E-state index in [9.17, 15) is 8.42 Å². The molecule has 0 N–H and O–H groups in total. The predicted molar refractivity (Wildman–Crippen MR) is 59.0 cm³/mol. The summed E-state index contributed by atoms with van der Waals surface area (Å²) < 4.78 is 33.2. The SMILES string of the molecule is O=S(=O)(Cl)c1cc2ccoc2c2occc12. The first kappa shape index (κ1) is 9.74. The molecule has 82 valence electrons. The van der Waals surface area contributed by atoms with Crippen molar-refractivity contribution in [2.75, 3.05) is 0 Å². The van der Waals surface area contributed by atoms with Gasteiger partial charge in [0.25, 0.3) is 9.05 Å². The number of benzene rings is 1. The highest BCUT2D eigenvalue weighted by Gasteiger charge is 2.19. The predicted octanol–water partition coefficient (Wildman–Crippen LogP) is 3.11. The monoisotopic (exact) mass is 256 g/mol. The van der Waals surface area contributed by atoms with Gasteiger partial charge in [-0.3, -0.25) is 0 Å². The van der Waals surface area contributed by atoms with Crippen LogP contribution in [0, 0.1) is 0 Å². The van der Waals surface area contributed by atoms with Crippen molar-refractivity contribution in [3.63, 3.8) is 0 Å². The molecule has 3 aromatic rings. The fourth-order valence-electron chi connectivity index (χ4n) is 1.72. The van der Waals surface area contributed by atoms with Crippen LogP contribution < -0.4 is 0 Å². The number of hydrogen-bond donors (Lipinski definition) is 0. The van der Waals surface area contributed by atoms with Gasteiger partial charge in [-0.25, -0.2) is 8.42 Å². The first-order valence-electron chi connectivity index (χ1n) is 4.39. The minimum Gasteiger partial charge on any atom is -0.460 e. The van der Waals surface area contributed by atoms with Gasteiger partial charge in [0.1, 0.15) is 0 Å². The molecule has 0 bridgehead atoms. The van der Waals surface area contributed by atoms with Crippen molar-refractivity contribution in [2.24, 2.45) is 0 Å². The van der Waals surface area contributed by atoms with Crippen molar-refractivity contribution in [3.05, 3.63) is 30.7 Å². The van der Waals surface area contributed by atoms with Gasteiger partial charge >= 0.3 is 0 Å². The molecule has 0 radical (unpaired) electrons. The van der Waals surface area contributed by atoms with Crippen molar-refractivity contribution in [1.82, 2.24) is 0 Å². The minimum absolute atomic E-state index is 0.0341. The van der Waals surface area contributed by atoms with E-state index < -0.39 is 9.05 Å². The molecule has 6 heteroatoms. The minimum atomic E-state index is -3.80. The Morgan fingerprint density at radius 2 is 1.75 bits per heavy atom. The van der Waals surface area contributed by atoms with Gasteiger partial charge in [0.2, 0.25) is 0 Å². The lowest BCUT2D eigenvalue weighted by Gasteiger charge is -1.98. The highest BCUT2D eigenvalue weighted by molar-refractivity contribution is 8.14. The fourth-order valence-corrected chi connectivity index (χ4v) is 2.79. The van der Waals surface area contributed by atoms with Crippen LogP contribution in [0.3, 0.4) is 0 Å².